The minimum atomic E-state index is 0.509. The third-order valence-corrected chi connectivity index (χ3v) is 1.21. The first-order chi connectivity index (χ1) is 6.79. The fourth-order valence-corrected chi connectivity index (χ4v) is 0.602. The lowest BCUT2D eigenvalue weighted by Crippen LogP contribution is -1.87. The topological polar surface area (TPSA) is 104 Å². The summed E-state index contributed by atoms with van der Waals surface area (Å²) in [5, 5.41) is 0. The molecule has 0 aliphatic rings. The van der Waals surface area contributed by atoms with Crippen LogP contribution in [0, 0.1) is 0 Å². The molecule has 0 saturated heterocycles. The van der Waals surface area contributed by atoms with Gasteiger partial charge < -0.3 is 11.5 Å². The number of hydrogen-bond acceptors (Lipinski definition) is 6. The van der Waals surface area contributed by atoms with E-state index in [9.17, 15) is 0 Å². The van der Waals surface area contributed by atoms with Crippen molar-refractivity contribution in [1.82, 2.24) is 19.9 Å². The van der Waals surface area contributed by atoms with Gasteiger partial charge in [0.25, 0.3) is 0 Å². The van der Waals surface area contributed by atoms with Gasteiger partial charge in [-0.2, -0.15) is 0 Å². The lowest BCUT2D eigenvalue weighted by molar-refractivity contribution is 1.18. The van der Waals surface area contributed by atoms with Gasteiger partial charge in [0.15, 0.2) is 0 Å². The Morgan fingerprint density at radius 3 is 1.36 bits per heavy atom. The van der Waals surface area contributed by atoms with Crippen molar-refractivity contribution >= 4 is 11.6 Å². The van der Waals surface area contributed by atoms with Crippen LogP contribution in [0.4, 0.5) is 11.6 Å². The normalized spacial score (nSPS) is 8.57. The summed E-state index contributed by atoms with van der Waals surface area (Å²) in [6.45, 7) is 0. The Morgan fingerprint density at radius 2 is 1.21 bits per heavy atom. The number of anilines is 2. The van der Waals surface area contributed by atoms with Gasteiger partial charge in [-0.15, -0.1) is 0 Å². The van der Waals surface area contributed by atoms with Crippen molar-refractivity contribution in [2.24, 2.45) is 0 Å². The van der Waals surface area contributed by atoms with Crippen molar-refractivity contribution < 1.29 is 0 Å². The molecule has 72 valence electrons. The van der Waals surface area contributed by atoms with Gasteiger partial charge in [-0.05, 0) is 12.1 Å². The monoisotopic (exact) mass is 190 g/mol. The average molecular weight is 190 g/mol. The summed E-state index contributed by atoms with van der Waals surface area (Å²) >= 11 is 0. The number of nitrogen functional groups attached to an aromatic ring is 2. The fraction of sp³-hybridized carbons (Fsp3) is 0. The number of aromatic nitrogens is 4. The van der Waals surface area contributed by atoms with Gasteiger partial charge in [0.05, 0.1) is 0 Å². The minimum Gasteiger partial charge on any atom is -0.384 e. The van der Waals surface area contributed by atoms with Gasteiger partial charge in [-0.3, -0.25) is 0 Å². The summed E-state index contributed by atoms with van der Waals surface area (Å²) in [5.41, 5.74) is 10.4. The van der Waals surface area contributed by atoms with Crippen LogP contribution in [0.15, 0.2) is 37.2 Å². The quantitative estimate of drug-likeness (QED) is 0.611. The lowest BCUT2D eigenvalue weighted by atomic mass is 10.6. The summed E-state index contributed by atoms with van der Waals surface area (Å²) in [4.78, 5) is 14.6. The van der Waals surface area contributed by atoms with Crippen LogP contribution in [0.1, 0.15) is 0 Å². The van der Waals surface area contributed by atoms with Crippen LogP contribution in [0.3, 0.4) is 0 Å². The molecule has 2 aromatic heterocycles. The van der Waals surface area contributed by atoms with Crippen LogP contribution in [-0.2, 0) is 0 Å². The SMILES string of the molecule is Nc1ccncn1.Nc1ccncn1. The van der Waals surface area contributed by atoms with E-state index in [1.165, 1.54) is 12.7 Å². The molecule has 4 N–H and O–H groups in total. The highest BCUT2D eigenvalue weighted by Crippen LogP contribution is 1.86. The van der Waals surface area contributed by atoms with Crippen LogP contribution in [0.2, 0.25) is 0 Å². The van der Waals surface area contributed by atoms with Crippen molar-refractivity contribution in [3.63, 3.8) is 0 Å². The minimum absolute atomic E-state index is 0.509. The molecule has 0 aromatic carbocycles. The van der Waals surface area contributed by atoms with E-state index >= 15 is 0 Å². The first-order valence-electron chi connectivity index (χ1n) is 3.82. The van der Waals surface area contributed by atoms with E-state index in [-0.39, 0.29) is 0 Å². The molecule has 2 aromatic rings. The van der Waals surface area contributed by atoms with Crippen molar-refractivity contribution in [3.05, 3.63) is 37.2 Å². The lowest BCUT2D eigenvalue weighted by Gasteiger charge is -1.82. The van der Waals surface area contributed by atoms with Crippen LogP contribution >= 0.6 is 0 Å². The van der Waals surface area contributed by atoms with E-state index in [1.54, 1.807) is 24.5 Å². The maximum absolute atomic E-state index is 5.21. The molecule has 6 nitrogen and oxygen atoms in total. The molecule has 0 fully saturated rings. The Hall–Kier alpha value is -2.24. The molecule has 0 amide bonds. The molecule has 0 aliphatic heterocycles. The molecule has 0 bridgehead atoms. The summed E-state index contributed by atoms with van der Waals surface area (Å²) in [7, 11) is 0. The van der Waals surface area contributed by atoms with E-state index in [0.717, 1.165) is 0 Å². The van der Waals surface area contributed by atoms with E-state index in [4.69, 9.17) is 11.5 Å². The number of rotatable bonds is 0. The van der Waals surface area contributed by atoms with E-state index in [2.05, 4.69) is 19.9 Å². The highest BCUT2D eigenvalue weighted by Gasteiger charge is 1.75. The van der Waals surface area contributed by atoms with Gasteiger partial charge in [-0.25, -0.2) is 19.9 Å². The second-order valence-electron chi connectivity index (χ2n) is 2.27. The predicted molar refractivity (Wildman–Crippen MR) is 52.9 cm³/mol. The van der Waals surface area contributed by atoms with Crippen LogP contribution < -0.4 is 11.5 Å². The van der Waals surface area contributed by atoms with E-state index in [1.807, 2.05) is 0 Å². The molecular formula is C8H10N6. The zero-order chi connectivity index (χ0) is 10.2. The maximum atomic E-state index is 5.21. The standard InChI is InChI=1S/2C4H5N3/c2*5-4-1-2-6-3-7-4/h2*1-3H,(H2,5,6,7). The zero-order valence-electron chi connectivity index (χ0n) is 7.41. The third kappa shape index (κ3) is 3.96. The molecule has 0 spiro atoms. The summed E-state index contributed by atoms with van der Waals surface area (Å²) in [6.07, 6.45) is 6.02. The molecule has 0 unspecified atom stereocenters. The smallest absolute Gasteiger partial charge is 0.126 e. The van der Waals surface area contributed by atoms with Gasteiger partial charge in [0, 0.05) is 12.4 Å². The predicted octanol–water partition coefficient (Wildman–Crippen LogP) is 0.118. The van der Waals surface area contributed by atoms with Gasteiger partial charge in [0.2, 0.25) is 0 Å². The molecule has 0 aliphatic carbocycles. The summed E-state index contributed by atoms with van der Waals surface area (Å²) in [5.74, 6) is 1.02. The first kappa shape index (κ1) is 9.85. The van der Waals surface area contributed by atoms with Gasteiger partial charge in [0.1, 0.15) is 24.3 Å². The van der Waals surface area contributed by atoms with E-state index in [0.29, 0.717) is 11.6 Å². The van der Waals surface area contributed by atoms with Crippen LogP contribution in [0.25, 0.3) is 0 Å². The Balaban J connectivity index is 0.000000140. The number of nitrogens with two attached hydrogens (primary N) is 2. The third-order valence-electron chi connectivity index (χ3n) is 1.21. The first-order valence-corrected chi connectivity index (χ1v) is 3.82. The maximum Gasteiger partial charge on any atom is 0.126 e. The van der Waals surface area contributed by atoms with Gasteiger partial charge in [-0.1, -0.05) is 0 Å². The Kier molecular flexibility index (Phi) is 3.81. The molecule has 0 saturated carbocycles. The molecule has 0 radical (unpaired) electrons. The highest BCUT2D eigenvalue weighted by atomic mass is 14.9. The number of hydrogen-bond donors (Lipinski definition) is 2. The Bertz CT molecular complexity index is 311. The number of nitrogens with zero attached hydrogens (tertiary/aromatic N) is 4. The summed E-state index contributed by atoms with van der Waals surface area (Å²) in [6, 6.07) is 3.28. The molecular weight excluding hydrogens is 180 g/mol. The molecule has 6 heteroatoms. The van der Waals surface area contributed by atoms with Crippen LogP contribution in [0.5, 0.6) is 0 Å². The molecule has 2 heterocycles. The second kappa shape index (κ2) is 5.41. The average Bonchev–Trinajstić information content (AvgIpc) is 2.21. The van der Waals surface area contributed by atoms with Gasteiger partial charge >= 0.3 is 0 Å². The zero-order valence-corrected chi connectivity index (χ0v) is 7.41. The Labute approximate surface area is 81.1 Å². The highest BCUT2D eigenvalue weighted by molar-refractivity contribution is 5.23. The molecule has 14 heavy (non-hydrogen) atoms. The van der Waals surface area contributed by atoms with Crippen molar-refractivity contribution in [3.8, 4) is 0 Å². The summed E-state index contributed by atoms with van der Waals surface area (Å²) < 4.78 is 0. The fourth-order valence-electron chi connectivity index (χ4n) is 0.602. The molecule has 2 rings (SSSR count). The van der Waals surface area contributed by atoms with Crippen molar-refractivity contribution in [2.45, 2.75) is 0 Å². The van der Waals surface area contributed by atoms with Crippen molar-refractivity contribution in [1.29, 1.82) is 0 Å². The van der Waals surface area contributed by atoms with Crippen molar-refractivity contribution in [2.75, 3.05) is 11.5 Å². The Morgan fingerprint density at radius 1 is 0.786 bits per heavy atom. The molecule has 0 atom stereocenters. The largest absolute Gasteiger partial charge is 0.384 e. The second-order valence-corrected chi connectivity index (χ2v) is 2.27. The van der Waals surface area contributed by atoms with E-state index < -0.39 is 0 Å². The van der Waals surface area contributed by atoms with Crippen LogP contribution in [-0.4, -0.2) is 19.9 Å².